The van der Waals surface area contributed by atoms with E-state index in [1.54, 1.807) is 0 Å². The van der Waals surface area contributed by atoms with Crippen molar-refractivity contribution in [3.05, 3.63) is 137 Å². The van der Waals surface area contributed by atoms with Gasteiger partial charge >= 0.3 is 0 Å². The predicted molar refractivity (Wildman–Crippen MR) is 129 cm³/mol. The molecule has 0 saturated carbocycles. The standard InChI is InChI=1S/C30H22N3/c1-3-8-20(9-4-1)26-16-14-22-18-24-12-7-13-25-19-23-15-17-27(21-10-5-2-6-11-21)32-29(23)30(33(24)25)28(22)31-26/h1-17,30H,18-19H2/q+1. The molecule has 5 aromatic rings. The molecule has 7 rings (SSSR count). The summed E-state index contributed by atoms with van der Waals surface area (Å²) in [5.41, 5.74) is 11.8. The molecule has 3 aromatic heterocycles. The van der Waals surface area contributed by atoms with E-state index >= 15 is 0 Å². The number of fused-ring (bicyclic) bond motifs is 4. The molecule has 156 valence electrons. The number of nitrogens with zero attached hydrogens (tertiary/aromatic N) is 3. The fraction of sp³-hybridized carbons (Fsp3) is 0.100. The van der Waals surface area contributed by atoms with Gasteiger partial charge in [0.1, 0.15) is 11.4 Å². The van der Waals surface area contributed by atoms with Crippen molar-refractivity contribution in [1.29, 1.82) is 0 Å². The van der Waals surface area contributed by atoms with E-state index in [1.165, 1.54) is 22.5 Å². The van der Waals surface area contributed by atoms with Gasteiger partial charge in [0, 0.05) is 23.3 Å². The van der Waals surface area contributed by atoms with Crippen LogP contribution < -0.4 is 4.57 Å². The molecule has 5 heterocycles. The van der Waals surface area contributed by atoms with Gasteiger partial charge in [0.05, 0.1) is 24.2 Å². The van der Waals surface area contributed by atoms with Crippen molar-refractivity contribution in [2.45, 2.75) is 18.9 Å². The Labute approximate surface area is 193 Å². The van der Waals surface area contributed by atoms with Crippen LogP contribution in [0.3, 0.4) is 0 Å². The Morgan fingerprint density at radius 1 is 0.515 bits per heavy atom. The van der Waals surface area contributed by atoms with Crippen LogP contribution in [0.4, 0.5) is 0 Å². The lowest BCUT2D eigenvalue weighted by Gasteiger charge is -2.29. The van der Waals surface area contributed by atoms with E-state index in [2.05, 4.69) is 95.6 Å². The van der Waals surface area contributed by atoms with E-state index in [4.69, 9.17) is 9.97 Å². The van der Waals surface area contributed by atoms with Crippen molar-refractivity contribution in [2.24, 2.45) is 0 Å². The van der Waals surface area contributed by atoms with E-state index < -0.39 is 0 Å². The second-order valence-corrected chi connectivity index (χ2v) is 8.85. The van der Waals surface area contributed by atoms with Gasteiger partial charge in [-0.25, -0.2) is 9.97 Å². The Balaban J connectivity index is 1.46. The van der Waals surface area contributed by atoms with Gasteiger partial charge < -0.3 is 0 Å². The van der Waals surface area contributed by atoms with Crippen molar-refractivity contribution in [3.8, 4) is 22.5 Å². The highest BCUT2D eigenvalue weighted by molar-refractivity contribution is 5.62. The number of benzene rings is 2. The summed E-state index contributed by atoms with van der Waals surface area (Å²) in [6.45, 7) is 0. The van der Waals surface area contributed by atoms with E-state index in [-0.39, 0.29) is 6.04 Å². The Kier molecular flexibility index (Phi) is 4.03. The largest absolute Gasteiger partial charge is 0.245 e. The van der Waals surface area contributed by atoms with Crippen LogP contribution in [-0.4, -0.2) is 9.97 Å². The molecule has 3 heteroatoms. The monoisotopic (exact) mass is 424 g/mol. The second kappa shape index (κ2) is 7.21. The first-order chi connectivity index (χ1) is 16.3. The van der Waals surface area contributed by atoms with Crippen LogP contribution in [0, 0.1) is 0 Å². The van der Waals surface area contributed by atoms with E-state index in [0.717, 1.165) is 46.7 Å². The molecule has 0 radical (unpaired) electrons. The summed E-state index contributed by atoms with van der Waals surface area (Å²) < 4.78 is 2.48. The summed E-state index contributed by atoms with van der Waals surface area (Å²) in [6.07, 6.45) is 1.80. The Hall–Kier alpha value is -4.11. The van der Waals surface area contributed by atoms with Gasteiger partial charge in [-0.3, -0.25) is 0 Å². The van der Waals surface area contributed by atoms with Gasteiger partial charge in [-0.1, -0.05) is 72.8 Å². The van der Waals surface area contributed by atoms with Crippen molar-refractivity contribution >= 4 is 0 Å². The average molecular weight is 425 g/mol. The van der Waals surface area contributed by atoms with E-state index in [9.17, 15) is 0 Å². The third kappa shape index (κ3) is 2.93. The molecule has 3 nitrogen and oxygen atoms in total. The van der Waals surface area contributed by atoms with E-state index in [1.807, 2.05) is 12.1 Å². The van der Waals surface area contributed by atoms with Crippen LogP contribution in [0.5, 0.6) is 0 Å². The molecule has 0 saturated heterocycles. The van der Waals surface area contributed by atoms with Crippen molar-refractivity contribution in [3.63, 3.8) is 0 Å². The molecule has 2 aromatic carbocycles. The summed E-state index contributed by atoms with van der Waals surface area (Å²) >= 11 is 0. The fourth-order valence-electron chi connectivity index (χ4n) is 5.32. The van der Waals surface area contributed by atoms with Gasteiger partial charge in [0.2, 0.25) is 6.04 Å². The van der Waals surface area contributed by atoms with Crippen molar-refractivity contribution < 1.29 is 4.57 Å². The number of hydrogen-bond acceptors (Lipinski definition) is 2. The number of rotatable bonds is 2. The fourth-order valence-corrected chi connectivity index (χ4v) is 5.32. The van der Waals surface area contributed by atoms with Crippen LogP contribution in [0.15, 0.2) is 103 Å². The number of aromatic nitrogens is 3. The van der Waals surface area contributed by atoms with Gasteiger partial charge in [0.15, 0.2) is 11.4 Å². The lowest BCUT2D eigenvalue weighted by Crippen LogP contribution is -2.54. The Morgan fingerprint density at radius 2 is 1.00 bits per heavy atom. The zero-order chi connectivity index (χ0) is 21.8. The Bertz CT molecular complexity index is 1400. The highest BCUT2D eigenvalue weighted by Crippen LogP contribution is 2.36. The third-order valence-corrected chi connectivity index (χ3v) is 6.88. The van der Waals surface area contributed by atoms with E-state index in [0.29, 0.717) is 0 Å². The van der Waals surface area contributed by atoms with Crippen molar-refractivity contribution in [1.82, 2.24) is 9.97 Å². The molecule has 0 atom stereocenters. The topological polar surface area (TPSA) is 29.7 Å². The first kappa shape index (κ1) is 18.5. The quantitative estimate of drug-likeness (QED) is 0.341. The molecule has 0 bridgehead atoms. The molecular formula is C30H22N3+. The minimum Gasteiger partial charge on any atom is -0.245 e. The van der Waals surface area contributed by atoms with Crippen LogP contribution in [0.1, 0.15) is 39.9 Å². The predicted octanol–water partition coefficient (Wildman–Crippen LogP) is 5.54. The first-order valence-electron chi connectivity index (χ1n) is 11.5. The summed E-state index contributed by atoms with van der Waals surface area (Å²) in [5, 5.41) is 0. The molecule has 33 heavy (non-hydrogen) atoms. The maximum Gasteiger partial charge on any atom is 0.243 e. The number of pyridine rings is 3. The summed E-state index contributed by atoms with van der Waals surface area (Å²) in [7, 11) is 0. The van der Waals surface area contributed by atoms with Crippen LogP contribution in [0.2, 0.25) is 0 Å². The summed E-state index contributed by atoms with van der Waals surface area (Å²) in [5.74, 6) is 0. The molecule has 0 fully saturated rings. The lowest BCUT2D eigenvalue weighted by molar-refractivity contribution is -0.723. The third-order valence-electron chi connectivity index (χ3n) is 6.88. The SMILES string of the molecule is c1ccc(-c2ccc3c(n2)C2c4nc(-c5ccccc5)ccc4Cc4cccc([n+]42)C3)cc1. The zero-order valence-corrected chi connectivity index (χ0v) is 18.1. The van der Waals surface area contributed by atoms with Gasteiger partial charge in [-0.15, -0.1) is 0 Å². The molecule has 0 unspecified atom stereocenters. The molecule has 2 aliphatic heterocycles. The molecule has 0 amide bonds. The van der Waals surface area contributed by atoms with Crippen LogP contribution >= 0.6 is 0 Å². The molecule has 0 N–H and O–H groups in total. The molecule has 0 spiro atoms. The minimum absolute atomic E-state index is 0.00368. The van der Waals surface area contributed by atoms with Crippen LogP contribution in [-0.2, 0) is 12.8 Å². The summed E-state index contributed by atoms with van der Waals surface area (Å²) in [4.78, 5) is 10.5. The second-order valence-electron chi connectivity index (χ2n) is 8.85. The smallest absolute Gasteiger partial charge is 0.243 e. The van der Waals surface area contributed by atoms with Gasteiger partial charge in [-0.05, 0) is 29.3 Å². The zero-order valence-electron chi connectivity index (χ0n) is 18.1. The van der Waals surface area contributed by atoms with Crippen LogP contribution in [0.25, 0.3) is 22.5 Å². The maximum absolute atomic E-state index is 5.25. The minimum atomic E-state index is -0.00368. The highest BCUT2D eigenvalue weighted by Gasteiger charge is 2.42. The summed E-state index contributed by atoms with van der Waals surface area (Å²) in [6, 6.07) is 36.4. The molecule has 0 aliphatic carbocycles. The Morgan fingerprint density at radius 3 is 1.48 bits per heavy atom. The maximum atomic E-state index is 5.25. The van der Waals surface area contributed by atoms with Gasteiger partial charge in [-0.2, -0.15) is 4.57 Å². The highest BCUT2D eigenvalue weighted by atomic mass is 15.1. The normalized spacial score (nSPS) is 13.7. The van der Waals surface area contributed by atoms with Crippen molar-refractivity contribution in [2.75, 3.05) is 0 Å². The molecular weight excluding hydrogens is 402 g/mol. The lowest BCUT2D eigenvalue weighted by atomic mass is 9.87. The first-order valence-corrected chi connectivity index (χ1v) is 11.5. The average Bonchev–Trinajstić information content (AvgIpc) is 2.89. The molecule has 2 aliphatic rings. The van der Waals surface area contributed by atoms with Gasteiger partial charge in [0.25, 0.3) is 0 Å². The number of hydrogen-bond donors (Lipinski definition) is 0.